The van der Waals surface area contributed by atoms with E-state index < -0.39 is 0 Å². The highest BCUT2D eigenvalue weighted by atomic mass is 32.1. The zero-order valence-corrected chi connectivity index (χ0v) is 13.6. The number of nitrogens with one attached hydrogen (secondary N) is 2. The van der Waals surface area contributed by atoms with Gasteiger partial charge in [-0.15, -0.1) is 11.3 Å². The second-order valence-corrected chi connectivity index (χ2v) is 5.45. The van der Waals surface area contributed by atoms with Crippen molar-refractivity contribution in [2.75, 3.05) is 26.3 Å². The lowest BCUT2D eigenvalue weighted by atomic mass is 10.4. The Morgan fingerprint density at radius 3 is 2.85 bits per heavy atom. The van der Waals surface area contributed by atoms with Crippen LogP contribution in [0.15, 0.2) is 11.2 Å². The third-order valence-electron chi connectivity index (χ3n) is 2.63. The van der Waals surface area contributed by atoms with Crippen molar-refractivity contribution >= 4 is 17.3 Å². The molecule has 0 aliphatic heterocycles. The highest BCUT2D eigenvalue weighted by Crippen LogP contribution is 2.13. The molecular formula is C14H26N4OS. The molecule has 20 heavy (non-hydrogen) atoms. The van der Waals surface area contributed by atoms with Crippen molar-refractivity contribution in [2.24, 2.45) is 4.99 Å². The average molecular weight is 298 g/mol. The van der Waals surface area contributed by atoms with Gasteiger partial charge in [0.05, 0.1) is 6.54 Å². The van der Waals surface area contributed by atoms with E-state index in [2.05, 4.69) is 34.5 Å². The van der Waals surface area contributed by atoms with Crippen LogP contribution in [0, 0.1) is 0 Å². The van der Waals surface area contributed by atoms with Crippen molar-refractivity contribution in [1.29, 1.82) is 0 Å². The first-order chi connectivity index (χ1) is 9.80. The van der Waals surface area contributed by atoms with Crippen LogP contribution in [0.3, 0.4) is 0 Å². The van der Waals surface area contributed by atoms with Crippen molar-refractivity contribution < 1.29 is 4.74 Å². The number of hydrogen-bond donors (Lipinski definition) is 2. The lowest BCUT2D eigenvalue weighted by molar-refractivity contribution is 0.145. The molecule has 0 saturated carbocycles. The smallest absolute Gasteiger partial charge is 0.191 e. The molecule has 1 heterocycles. The van der Waals surface area contributed by atoms with Crippen LogP contribution >= 0.6 is 11.3 Å². The third-order valence-corrected chi connectivity index (χ3v) is 3.75. The van der Waals surface area contributed by atoms with Crippen molar-refractivity contribution in [1.82, 2.24) is 15.6 Å². The summed E-state index contributed by atoms with van der Waals surface area (Å²) in [4.78, 5) is 10.2. The second kappa shape index (κ2) is 10.6. The Kier molecular flexibility index (Phi) is 8.98. The van der Waals surface area contributed by atoms with Gasteiger partial charge in [-0.25, -0.2) is 9.98 Å². The molecule has 0 aromatic carbocycles. The minimum atomic E-state index is 0.630. The lowest BCUT2D eigenvalue weighted by Gasteiger charge is -2.10. The normalized spacial score (nSPS) is 11.7. The fourth-order valence-corrected chi connectivity index (χ4v) is 2.39. The van der Waals surface area contributed by atoms with Crippen molar-refractivity contribution in [3.63, 3.8) is 0 Å². The predicted octanol–water partition coefficient (Wildman–Crippen LogP) is 2.19. The highest BCUT2D eigenvalue weighted by molar-refractivity contribution is 7.11. The van der Waals surface area contributed by atoms with E-state index in [0.717, 1.165) is 50.1 Å². The molecule has 0 radical (unpaired) electrons. The number of aryl methyl sites for hydroxylation is 1. The fourth-order valence-electron chi connectivity index (χ4n) is 1.60. The SMILES string of the molecule is CCNC(=NCc1ncc(CC)s1)NCCCOCC. The second-order valence-electron chi connectivity index (χ2n) is 4.25. The Bertz CT molecular complexity index is 392. The maximum atomic E-state index is 5.31. The number of aliphatic imine (C=N–C) groups is 1. The Morgan fingerprint density at radius 2 is 2.20 bits per heavy atom. The molecule has 0 aliphatic carbocycles. The topological polar surface area (TPSA) is 58.5 Å². The van der Waals surface area contributed by atoms with Crippen molar-refractivity contribution in [3.8, 4) is 0 Å². The zero-order valence-electron chi connectivity index (χ0n) is 12.7. The van der Waals surface area contributed by atoms with E-state index in [1.54, 1.807) is 11.3 Å². The minimum Gasteiger partial charge on any atom is -0.382 e. The van der Waals surface area contributed by atoms with Gasteiger partial charge in [-0.05, 0) is 26.7 Å². The molecule has 0 aliphatic rings. The molecule has 6 heteroatoms. The van der Waals surface area contributed by atoms with Gasteiger partial charge < -0.3 is 15.4 Å². The predicted molar refractivity (Wildman–Crippen MR) is 85.4 cm³/mol. The number of nitrogens with zero attached hydrogens (tertiary/aromatic N) is 2. The number of rotatable bonds is 9. The molecule has 1 aromatic heterocycles. The summed E-state index contributed by atoms with van der Waals surface area (Å²) in [5.41, 5.74) is 0. The molecule has 0 fully saturated rings. The number of thiazole rings is 1. The Morgan fingerprint density at radius 1 is 1.35 bits per heavy atom. The Balaban J connectivity index is 2.37. The molecule has 1 aromatic rings. The number of hydrogen-bond acceptors (Lipinski definition) is 4. The first-order valence-electron chi connectivity index (χ1n) is 7.33. The number of guanidine groups is 1. The van der Waals surface area contributed by atoms with Crippen LogP contribution in [-0.2, 0) is 17.7 Å². The molecule has 0 saturated heterocycles. The molecule has 5 nitrogen and oxygen atoms in total. The molecule has 2 N–H and O–H groups in total. The third kappa shape index (κ3) is 6.86. The molecule has 0 spiro atoms. The summed E-state index contributed by atoms with van der Waals surface area (Å²) >= 11 is 1.73. The molecule has 0 bridgehead atoms. The van der Waals surface area contributed by atoms with Gasteiger partial charge in [-0.3, -0.25) is 0 Å². The van der Waals surface area contributed by atoms with Gasteiger partial charge in [0.1, 0.15) is 5.01 Å². The van der Waals surface area contributed by atoms with Gasteiger partial charge in [0, 0.05) is 37.4 Å². The van der Waals surface area contributed by atoms with E-state index in [4.69, 9.17) is 4.74 Å². The quantitative estimate of drug-likeness (QED) is 0.417. The molecule has 0 amide bonds. The maximum absolute atomic E-state index is 5.31. The maximum Gasteiger partial charge on any atom is 0.191 e. The summed E-state index contributed by atoms with van der Waals surface area (Å²) in [6.07, 6.45) is 3.96. The summed E-state index contributed by atoms with van der Waals surface area (Å²) < 4.78 is 5.31. The van der Waals surface area contributed by atoms with Crippen LogP contribution in [-0.4, -0.2) is 37.2 Å². The van der Waals surface area contributed by atoms with Gasteiger partial charge in [0.25, 0.3) is 0 Å². The minimum absolute atomic E-state index is 0.630. The van der Waals surface area contributed by atoms with Crippen LogP contribution in [0.1, 0.15) is 37.1 Å². The van der Waals surface area contributed by atoms with E-state index in [1.807, 2.05) is 13.1 Å². The molecular weight excluding hydrogens is 272 g/mol. The summed E-state index contributed by atoms with van der Waals surface area (Å²) in [6.45, 7) is 10.1. The lowest BCUT2D eigenvalue weighted by Crippen LogP contribution is -2.38. The van der Waals surface area contributed by atoms with Gasteiger partial charge in [0.2, 0.25) is 0 Å². The zero-order chi connectivity index (χ0) is 14.6. The van der Waals surface area contributed by atoms with Crippen LogP contribution in [0.4, 0.5) is 0 Å². The standard InChI is InChI=1S/C14H26N4OS/c1-4-12-10-17-13(20-12)11-18-14(15-5-2)16-8-7-9-19-6-3/h10H,4-9,11H2,1-3H3,(H2,15,16,18). The van der Waals surface area contributed by atoms with E-state index >= 15 is 0 Å². The first-order valence-corrected chi connectivity index (χ1v) is 8.15. The number of ether oxygens (including phenoxy) is 1. The molecule has 114 valence electrons. The van der Waals surface area contributed by atoms with Crippen LogP contribution in [0.5, 0.6) is 0 Å². The monoisotopic (exact) mass is 298 g/mol. The molecule has 0 unspecified atom stereocenters. The Labute approximate surface area is 125 Å². The Hall–Kier alpha value is -1.14. The van der Waals surface area contributed by atoms with Crippen molar-refractivity contribution in [3.05, 3.63) is 16.1 Å². The van der Waals surface area contributed by atoms with E-state index in [9.17, 15) is 0 Å². The van der Waals surface area contributed by atoms with Gasteiger partial charge in [0.15, 0.2) is 5.96 Å². The molecule has 0 atom stereocenters. The van der Waals surface area contributed by atoms with Crippen molar-refractivity contribution in [2.45, 2.75) is 40.2 Å². The summed E-state index contributed by atoms with van der Waals surface area (Å²) in [5.74, 6) is 0.845. The van der Waals surface area contributed by atoms with E-state index in [-0.39, 0.29) is 0 Å². The van der Waals surface area contributed by atoms with E-state index in [1.165, 1.54) is 4.88 Å². The summed E-state index contributed by atoms with van der Waals surface area (Å²) in [5, 5.41) is 7.61. The van der Waals surface area contributed by atoms with Crippen LogP contribution in [0.2, 0.25) is 0 Å². The van der Waals surface area contributed by atoms with Crippen LogP contribution in [0.25, 0.3) is 0 Å². The van der Waals surface area contributed by atoms with E-state index in [0.29, 0.717) is 6.54 Å². The molecule has 1 rings (SSSR count). The van der Waals surface area contributed by atoms with Crippen LogP contribution < -0.4 is 10.6 Å². The average Bonchev–Trinajstić information content (AvgIpc) is 2.92. The summed E-state index contributed by atoms with van der Waals surface area (Å²) in [6, 6.07) is 0. The highest BCUT2D eigenvalue weighted by Gasteiger charge is 2.01. The number of aromatic nitrogens is 1. The largest absolute Gasteiger partial charge is 0.382 e. The van der Waals surface area contributed by atoms with Gasteiger partial charge in [-0.1, -0.05) is 6.92 Å². The summed E-state index contributed by atoms with van der Waals surface area (Å²) in [7, 11) is 0. The van der Waals surface area contributed by atoms with Gasteiger partial charge >= 0.3 is 0 Å². The fraction of sp³-hybridized carbons (Fsp3) is 0.714. The van der Waals surface area contributed by atoms with Gasteiger partial charge in [-0.2, -0.15) is 0 Å². The first kappa shape index (κ1) is 16.9.